The van der Waals surface area contributed by atoms with Crippen molar-refractivity contribution in [2.24, 2.45) is 5.41 Å². The molecule has 0 saturated carbocycles. The average molecular weight is 642 g/mol. The molecule has 0 aromatic carbocycles. The van der Waals surface area contributed by atoms with E-state index in [1.165, 1.54) is 6.92 Å². The summed E-state index contributed by atoms with van der Waals surface area (Å²) in [5.74, 6) is -0.197. The molecule has 1 saturated heterocycles. The minimum Gasteiger partial charge on any atom is -0.353 e. The van der Waals surface area contributed by atoms with Gasteiger partial charge >= 0.3 is 0 Å². The highest BCUT2D eigenvalue weighted by Crippen LogP contribution is 2.32. The van der Waals surface area contributed by atoms with Gasteiger partial charge in [0, 0.05) is 18.4 Å². The van der Waals surface area contributed by atoms with Crippen molar-refractivity contribution < 1.29 is 22.1 Å². The number of hydrogen-bond donors (Lipinski definition) is 1. The van der Waals surface area contributed by atoms with Crippen LogP contribution in [0.3, 0.4) is 0 Å². The maximum absolute atomic E-state index is 12.5. The van der Waals surface area contributed by atoms with Crippen molar-refractivity contribution in [2.45, 2.75) is 104 Å². The molecule has 0 bridgehead atoms. The van der Waals surface area contributed by atoms with Gasteiger partial charge in [0.15, 0.2) is 12.4 Å². The number of carbonyl (C=O) groups is 2. The van der Waals surface area contributed by atoms with Crippen molar-refractivity contribution in [3.8, 4) is 0 Å². The zero-order valence-corrected chi connectivity index (χ0v) is 25.9. The topological polar surface area (TPSA) is 77.2 Å². The molecule has 0 aromatic rings. The van der Waals surface area contributed by atoms with E-state index in [4.69, 9.17) is 12.5 Å². The molecule has 1 amide bonds. The first-order chi connectivity index (χ1) is 18.3. The monoisotopic (exact) mass is 641 g/mol. The SMILES string of the molecule is CC/C=C\C/C=C\C/C=C\C/C=C\C/C=C\CCCC1OC1OCC(C)(C)[C@@H](OI)C(=O)NCCC(C)=O. The number of nitrogens with one attached hydrogen (secondary N) is 1. The number of amides is 1. The summed E-state index contributed by atoms with van der Waals surface area (Å²) in [5.41, 5.74) is -0.535. The van der Waals surface area contributed by atoms with E-state index in [1.807, 2.05) is 13.8 Å². The van der Waals surface area contributed by atoms with Crippen molar-refractivity contribution in [3.05, 3.63) is 60.8 Å². The van der Waals surface area contributed by atoms with Crippen molar-refractivity contribution in [1.29, 1.82) is 0 Å². The van der Waals surface area contributed by atoms with Crippen LogP contribution in [0, 0.1) is 5.41 Å². The molecular weight excluding hydrogens is 593 g/mol. The number of rotatable bonds is 22. The number of carbonyl (C=O) groups excluding carboxylic acids is 2. The van der Waals surface area contributed by atoms with E-state index in [1.54, 1.807) is 23.0 Å². The molecule has 1 fully saturated rings. The third-order valence-corrected chi connectivity index (χ3v) is 6.49. The number of hydrogen-bond acceptors (Lipinski definition) is 5. The fourth-order valence-corrected chi connectivity index (χ4v) is 4.55. The molecule has 1 aliphatic heterocycles. The Morgan fingerprint density at radius 3 is 2.03 bits per heavy atom. The van der Waals surface area contributed by atoms with Crippen LogP contribution in [0.5, 0.6) is 0 Å². The molecule has 0 aliphatic carbocycles. The first-order valence-corrected chi connectivity index (χ1v) is 14.8. The number of allylic oxidation sites excluding steroid dienone is 10. The number of ketones is 1. The van der Waals surface area contributed by atoms with Gasteiger partial charge in [0.2, 0.25) is 0 Å². The largest absolute Gasteiger partial charge is 0.353 e. The fraction of sp³-hybridized carbons (Fsp3) is 0.613. The smallest absolute Gasteiger partial charge is 0.250 e. The minimum absolute atomic E-state index is 0.0399. The van der Waals surface area contributed by atoms with E-state index < -0.39 is 11.5 Å². The Hall–Kier alpha value is -1.55. The Labute approximate surface area is 244 Å². The van der Waals surface area contributed by atoms with Crippen LogP contribution in [0.15, 0.2) is 60.8 Å². The lowest BCUT2D eigenvalue weighted by atomic mass is 9.87. The number of epoxide rings is 1. The van der Waals surface area contributed by atoms with E-state index in [-0.39, 0.29) is 24.1 Å². The zero-order valence-electron chi connectivity index (χ0n) is 23.7. The van der Waals surface area contributed by atoms with Crippen molar-refractivity contribution >= 4 is 34.7 Å². The number of ether oxygens (including phenoxy) is 2. The van der Waals surface area contributed by atoms with Crippen LogP contribution in [-0.4, -0.2) is 43.3 Å². The van der Waals surface area contributed by atoms with Gasteiger partial charge in [-0.2, -0.15) is 0 Å². The molecule has 7 heteroatoms. The summed E-state index contributed by atoms with van der Waals surface area (Å²) in [5, 5.41) is 2.76. The van der Waals surface area contributed by atoms with Gasteiger partial charge in [-0.15, -0.1) is 0 Å². The van der Waals surface area contributed by atoms with Gasteiger partial charge in [0.1, 0.15) is 34.9 Å². The van der Waals surface area contributed by atoms with Gasteiger partial charge in [-0.05, 0) is 58.3 Å². The third-order valence-electron chi connectivity index (χ3n) is 5.99. The molecule has 38 heavy (non-hydrogen) atoms. The lowest BCUT2D eigenvalue weighted by Gasteiger charge is -2.30. The van der Waals surface area contributed by atoms with Crippen LogP contribution in [0.4, 0.5) is 0 Å². The standard InChI is InChI=1S/C31H48INO5/c1-5-6-7-8-9-10-11-12-13-14-15-16-17-18-19-20-21-22-27-30(37-27)36-25-31(3,4)28(38-32)29(35)33-24-23-26(2)34/h6-7,9-10,12-13,15-16,18-19,27-28,30H,5,8,11,14,17,20-25H2,1-4H3,(H,33,35)/b7-6-,10-9-,13-12-,16-15-,19-18-/t27?,28-,30?/m0/s1. The summed E-state index contributed by atoms with van der Waals surface area (Å²) in [7, 11) is 0. The van der Waals surface area contributed by atoms with Gasteiger partial charge in [-0.3, -0.25) is 9.59 Å². The summed E-state index contributed by atoms with van der Waals surface area (Å²) in [4.78, 5) is 23.5. The second kappa shape index (κ2) is 21.3. The van der Waals surface area contributed by atoms with Crippen LogP contribution >= 0.6 is 23.0 Å². The molecule has 1 rings (SSSR count). The maximum Gasteiger partial charge on any atom is 0.250 e. The predicted octanol–water partition coefficient (Wildman–Crippen LogP) is 7.51. The van der Waals surface area contributed by atoms with Gasteiger partial charge in [-0.1, -0.05) is 81.5 Å². The normalized spacial score (nSPS) is 19.0. The first-order valence-electron chi connectivity index (χ1n) is 13.9. The molecule has 2 unspecified atom stereocenters. The number of halogens is 1. The summed E-state index contributed by atoms with van der Waals surface area (Å²) in [6, 6.07) is 0. The summed E-state index contributed by atoms with van der Waals surface area (Å²) in [6.07, 6.45) is 29.7. The van der Waals surface area contributed by atoms with Crippen LogP contribution < -0.4 is 5.32 Å². The van der Waals surface area contributed by atoms with Crippen LogP contribution in [-0.2, 0) is 22.1 Å². The molecule has 3 atom stereocenters. The first kappa shape index (κ1) is 34.5. The molecule has 0 aromatic heterocycles. The summed E-state index contributed by atoms with van der Waals surface area (Å²) >= 11 is 1.75. The maximum atomic E-state index is 12.5. The van der Waals surface area contributed by atoms with Crippen molar-refractivity contribution in [1.82, 2.24) is 5.32 Å². The highest BCUT2D eigenvalue weighted by atomic mass is 127. The van der Waals surface area contributed by atoms with E-state index in [9.17, 15) is 9.59 Å². The molecule has 6 nitrogen and oxygen atoms in total. The lowest BCUT2D eigenvalue weighted by Crippen LogP contribution is -2.46. The van der Waals surface area contributed by atoms with Crippen molar-refractivity contribution in [2.75, 3.05) is 13.2 Å². The van der Waals surface area contributed by atoms with Gasteiger partial charge in [0.25, 0.3) is 5.91 Å². The van der Waals surface area contributed by atoms with Crippen LogP contribution in [0.1, 0.15) is 85.5 Å². The Morgan fingerprint density at radius 1 is 0.947 bits per heavy atom. The second-order valence-corrected chi connectivity index (χ2v) is 10.7. The molecule has 0 spiro atoms. The Balaban J connectivity index is 2.11. The fourth-order valence-electron chi connectivity index (χ4n) is 3.63. The summed E-state index contributed by atoms with van der Waals surface area (Å²) in [6.45, 7) is 8.17. The van der Waals surface area contributed by atoms with Gasteiger partial charge in [0.05, 0.1) is 6.61 Å². The third kappa shape index (κ3) is 17.1. The molecule has 0 radical (unpaired) electrons. The Morgan fingerprint density at radius 2 is 1.50 bits per heavy atom. The Bertz CT molecular complexity index is 815. The highest BCUT2D eigenvalue weighted by Gasteiger charge is 2.43. The minimum atomic E-state index is -0.678. The molecular formula is C31H48INO5. The molecule has 214 valence electrons. The van der Waals surface area contributed by atoms with Crippen molar-refractivity contribution in [3.63, 3.8) is 0 Å². The van der Waals surface area contributed by atoms with E-state index >= 15 is 0 Å². The summed E-state index contributed by atoms with van der Waals surface area (Å²) < 4.78 is 17.0. The predicted molar refractivity (Wildman–Crippen MR) is 164 cm³/mol. The van der Waals surface area contributed by atoms with E-state index in [0.29, 0.717) is 19.6 Å². The van der Waals surface area contributed by atoms with Crippen LogP contribution in [0.2, 0.25) is 0 Å². The van der Waals surface area contributed by atoms with Gasteiger partial charge < -0.3 is 17.9 Å². The zero-order chi connectivity index (χ0) is 28.1. The molecule has 1 N–H and O–H groups in total. The number of unbranched alkanes of at least 4 members (excludes halogenated alkanes) is 1. The quantitative estimate of drug-likeness (QED) is 0.0574. The molecule has 1 heterocycles. The van der Waals surface area contributed by atoms with Crippen LogP contribution in [0.25, 0.3) is 0 Å². The highest BCUT2D eigenvalue weighted by molar-refractivity contribution is 14.1. The lowest BCUT2D eigenvalue weighted by molar-refractivity contribution is -0.134. The number of Topliss-reactive ketones (excluding diaryl/α,β-unsaturated/α-hetero) is 1. The van der Waals surface area contributed by atoms with Gasteiger partial charge in [-0.25, -0.2) is 0 Å². The van der Waals surface area contributed by atoms with E-state index in [0.717, 1.165) is 51.4 Å². The Kier molecular flexibility index (Phi) is 19.3. The second-order valence-electron chi connectivity index (χ2n) is 10.2. The molecule has 1 aliphatic rings. The van der Waals surface area contributed by atoms with E-state index in [2.05, 4.69) is 73.0 Å². The average Bonchev–Trinajstić information content (AvgIpc) is 3.63.